The largest absolute Gasteiger partial charge is 0.422 e. The van der Waals surface area contributed by atoms with Crippen molar-refractivity contribution in [2.45, 2.75) is 6.92 Å². The summed E-state index contributed by atoms with van der Waals surface area (Å²) in [5, 5.41) is 18.0. The number of benzene rings is 2. The van der Waals surface area contributed by atoms with Gasteiger partial charge in [-0.25, -0.2) is 15.1 Å². The summed E-state index contributed by atoms with van der Waals surface area (Å²) in [5.41, 5.74) is 6.45. The summed E-state index contributed by atoms with van der Waals surface area (Å²) < 4.78 is 7.16. The van der Waals surface area contributed by atoms with Crippen LogP contribution in [0.3, 0.4) is 0 Å². The molecule has 7 nitrogen and oxygen atoms in total. The van der Waals surface area contributed by atoms with E-state index < -0.39 is 0 Å². The molecule has 136 valence electrons. The lowest BCUT2D eigenvalue weighted by atomic mass is 10.1. The summed E-state index contributed by atoms with van der Waals surface area (Å²) in [5.74, 6) is 0.615. The number of anilines is 1. The number of aromatic nitrogens is 3. The van der Waals surface area contributed by atoms with Crippen LogP contribution in [0, 0.1) is 18.3 Å². The maximum Gasteiger partial charge on any atom is 0.252 e. The molecule has 0 aliphatic heterocycles. The Morgan fingerprint density at radius 2 is 1.82 bits per heavy atom. The fourth-order valence-corrected chi connectivity index (χ4v) is 2.75. The minimum atomic E-state index is 0.165. The van der Waals surface area contributed by atoms with E-state index in [0.717, 1.165) is 22.5 Å². The van der Waals surface area contributed by atoms with E-state index in [1.54, 1.807) is 13.1 Å². The number of hydrogen-bond acceptors (Lipinski definition) is 6. The number of para-hydroxylation sites is 1. The highest BCUT2D eigenvalue weighted by Gasteiger charge is 2.12. The molecule has 0 bridgehead atoms. The number of oxazole rings is 1. The maximum atomic E-state index is 9.09. The average Bonchev–Trinajstić information content (AvgIpc) is 3.33. The summed E-state index contributed by atoms with van der Waals surface area (Å²) in [4.78, 5) is 3.98. The van der Waals surface area contributed by atoms with Gasteiger partial charge in [0.25, 0.3) is 5.88 Å². The maximum absolute atomic E-state index is 9.09. The molecule has 2 aromatic carbocycles. The summed E-state index contributed by atoms with van der Waals surface area (Å²) >= 11 is 0. The van der Waals surface area contributed by atoms with Crippen LogP contribution in [-0.2, 0) is 0 Å². The molecule has 0 aliphatic rings. The van der Waals surface area contributed by atoms with Crippen molar-refractivity contribution in [1.29, 1.82) is 5.26 Å². The summed E-state index contributed by atoms with van der Waals surface area (Å²) in [6.07, 6.45) is 3.55. The number of rotatable bonds is 5. The van der Waals surface area contributed by atoms with E-state index in [4.69, 9.17) is 14.8 Å². The van der Waals surface area contributed by atoms with Gasteiger partial charge in [0.05, 0.1) is 11.9 Å². The van der Waals surface area contributed by atoms with Crippen LogP contribution in [0.5, 0.6) is 0 Å². The highest BCUT2D eigenvalue weighted by molar-refractivity contribution is 5.89. The fraction of sp³-hybridized carbons (Fsp3) is 0.0476. The molecule has 4 aromatic rings. The molecular formula is C21H16N6O. The minimum absolute atomic E-state index is 0.165. The van der Waals surface area contributed by atoms with Crippen molar-refractivity contribution in [3.63, 3.8) is 0 Å². The first kappa shape index (κ1) is 17.2. The highest BCUT2D eigenvalue weighted by Crippen LogP contribution is 2.23. The molecule has 2 aromatic heterocycles. The van der Waals surface area contributed by atoms with E-state index in [1.165, 1.54) is 0 Å². The van der Waals surface area contributed by atoms with Gasteiger partial charge >= 0.3 is 0 Å². The van der Waals surface area contributed by atoms with Gasteiger partial charge in [0.1, 0.15) is 11.8 Å². The van der Waals surface area contributed by atoms with Crippen LogP contribution >= 0.6 is 0 Å². The van der Waals surface area contributed by atoms with Crippen molar-refractivity contribution < 1.29 is 4.42 Å². The molecule has 0 saturated heterocycles. The van der Waals surface area contributed by atoms with Crippen LogP contribution in [0.1, 0.15) is 17.1 Å². The molecule has 0 aliphatic carbocycles. The first-order chi connectivity index (χ1) is 13.7. The molecule has 0 fully saturated rings. The topological polar surface area (TPSA) is 92.0 Å². The van der Waals surface area contributed by atoms with Gasteiger partial charge in [0.2, 0.25) is 5.69 Å². The SMILES string of the molecule is Cc1nc(C#N)c(N/N=C/c2cn(-c3ccccc3)nc2-c2ccccc2)o1. The predicted octanol–water partition coefficient (Wildman–Crippen LogP) is 4.15. The van der Waals surface area contributed by atoms with Gasteiger partial charge in [-0.3, -0.25) is 0 Å². The Morgan fingerprint density at radius 3 is 2.54 bits per heavy atom. The molecule has 28 heavy (non-hydrogen) atoms. The standard InChI is InChI=1S/C21H16N6O/c1-15-24-19(12-22)21(28-15)25-23-13-17-14-27(18-10-6-3-7-11-18)26-20(17)16-8-4-2-5-9-16/h2-11,13-14,25H,1H3/b23-13+. The Kier molecular flexibility index (Phi) is 4.68. The van der Waals surface area contributed by atoms with E-state index in [1.807, 2.05) is 77.6 Å². The van der Waals surface area contributed by atoms with E-state index in [9.17, 15) is 0 Å². The van der Waals surface area contributed by atoms with Gasteiger partial charge in [-0.1, -0.05) is 48.5 Å². The van der Waals surface area contributed by atoms with Crippen LogP contribution in [0.15, 0.2) is 76.4 Å². The van der Waals surface area contributed by atoms with Gasteiger partial charge in [-0.15, -0.1) is 0 Å². The fourth-order valence-electron chi connectivity index (χ4n) is 2.75. The van der Waals surface area contributed by atoms with Crippen molar-refractivity contribution in [3.8, 4) is 23.0 Å². The minimum Gasteiger partial charge on any atom is -0.422 e. The van der Waals surface area contributed by atoms with Crippen molar-refractivity contribution >= 4 is 12.1 Å². The number of nitrogens with zero attached hydrogens (tertiary/aromatic N) is 5. The third-order valence-electron chi connectivity index (χ3n) is 4.02. The smallest absolute Gasteiger partial charge is 0.252 e. The molecule has 0 spiro atoms. The van der Waals surface area contributed by atoms with Crippen molar-refractivity contribution in [2.75, 3.05) is 5.43 Å². The zero-order chi connectivity index (χ0) is 19.3. The third-order valence-corrected chi connectivity index (χ3v) is 4.02. The summed E-state index contributed by atoms with van der Waals surface area (Å²) in [6.45, 7) is 1.67. The van der Waals surface area contributed by atoms with E-state index in [-0.39, 0.29) is 11.6 Å². The first-order valence-electron chi connectivity index (χ1n) is 8.62. The Bertz CT molecular complexity index is 1150. The predicted molar refractivity (Wildman–Crippen MR) is 106 cm³/mol. The van der Waals surface area contributed by atoms with Crippen LogP contribution in [0.2, 0.25) is 0 Å². The molecule has 2 heterocycles. The third kappa shape index (κ3) is 3.52. The lowest BCUT2D eigenvalue weighted by molar-refractivity contribution is 0.533. The zero-order valence-corrected chi connectivity index (χ0v) is 15.1. The monoisotopic (exact) mass is 368 g/mol. The first-order valence-corrected chi connectivity index (χ1v) is 8.62. The number of nitrogens with one attached hydrogen (secondary N) is 1. The summed E-state index contributed by atoms with van der Waals surface area (Å²) in [7, 11) is 0. The second-order valence-corrected chi connectivity index (χ2v) is 5.97. The Morgan fingerprint density at radius 1 is 1.11 bits per heavy atom. The molecule has 0 unspecified atom stereocenters. The highest BCUT2D eigenvalue weighted by atomic mass is 16.4. The molecule has 0 atom stereocenters. The second kappa shape index (κ2) is 7.60. The number of nitriles is 1. The molecule has 7 heteroatoms. The van der Waals surface area contributed by atoms with Crippen molar-refractivity contribution in [3.05, 3.63) is 84.0 Å². The van der Waals surface area contributed by atoms with E-state index in [2.05, 4.69) is 15.5 Å². The second-order valence-electron chi connectivity index (χ2n) is 5.97. The van der Waals surface area contributed by atoms with E-state index in [0.29, 0.717) is 5.89 Å². The molecule has 4 rings (SSSR count). The number of hydrogen-bond donors (Lipinski definition) is 1. The van der Waals surface area contributed by atoms with E-state index >= 15 is 0 Å². The van der Waals surface area contributed by atoms with Crippen LogP contribution in [-0.4, -0.2) is 21.0 Å². The van der Waals surface area contributed by atoms with Gasteiger partial charge in [-0.05, 0) is 12.1 Å². The van der Waals surface area contributed by atoms with Gasteiger partial charge in [0, 0.05) is 24.2 Å². The summed E-state index contributed by atoms with van der Waals surface area (Å²) in [6, 6.07) is 21.7. The van der Waals surface area contributed by atoms with Crippen LogP contribution in [0.25, 0.3) is 16.9 Å². The van der Waals surface area contributed by atoms with Crippen molar-refractivity contribution in [2.24, 2.45) is 5.10 Å². The Labute approximate surface area is 161 Å². The Hall–Kier alpha value is -4.18. The Balaban J connectivity index is 1.69. The van der Waals surface area contributed by atoms with Crippen LogP contribution < -0.4 is 5.43 Å². The quantitative estimate of drug-likeness (QED) is 0.422. The van der Waals surface area contributed by atoms with Gasteiger partial charge < -0.3 is 4.42 Å². The number of aryl methyl sites for hydroxylation is 1. The van der Waals surface area contributed by atoms with Crippen LogP contribution in [0.4, 0.5) is 5.88 Å². The molecular weight excluding hydrogens is 352 g/mol. The molecule has 0 radical (unpaired) electrons. The average molecular weight is 368 g/mol. The molecule has 1 N–H and O–H groups in total. The van der Waals surface area contributed by atoms with Gasteiger partial charge in [0.15, 0.2) is 5.89 Å². The lowest BCUT2D eigenvalue weighted by Gasteiger charge is -2.00. The normalized spacial score (nSPS) is 10.9. The zero-order valence-electron chi connectivity index (χ0n) is 15.1. The van der Waals surface area contributed by atoms with Gasteiger partial charge in [-0.2, -0.15) is 15.5 Å². The molecule has 0 saturated carbocycles. The van der Waals surface area contributed by atoms with Crippen molar-refractivity contribution in [1.82, 2.24) is 14.8 Å². The lowest BCUT2D eigenvalue weighted by Crippen LogP contribution is -1.93. The number of hydrazone groups is 1. The molecule has 0 amide bonds.